The third-order valence-electron chi connectivity index (χ3n) is 4.92. The molecule has 0 amide bonds. The predicted molar refractivity (Wildman–Crippen MR) is 117 cm³/mol. The fourth-order valence-corrected chi connectivity index (χ4v) is 3.44. The van der Waals surface area contributed by atoms with Crippen molar-refractivity contribution in [1.29, 1.82) is 0 Å². The normalized spacial score (nSPS) is 21.5. The number of nitrogens with zero attached hydrogens (tertiary/aromatic N) is 2. The molecule has 0 radical (unpaired) electrons. The maximum Gasteiger partial charge on any atom is 0.191 e. The molecule has 2 N–H and O–H groups in total. The van der Waals surface area contributed by atoms with Gasteiger partial charge < -0.3 is 10.6 Å². The molecular weight excluding hydrogens is 423 g/mol. The molecule has 2 fully saturated rings. The van der Waals surface area contributed by atoms with Gasteiger partial charge in [-0.1, -0.05) is 31.2 Å². The van der Waals surface area contributed by atoms with Crippen molar-refractivity contribution in [3.8, 4) is 0 Å². The topological polar surface area (TPSA) is 39.7 Å². The number of nitrogens with one attached hydrogen (secondary N) is 2. The zero-order valence-electron chi connectivity index (χ0n) is 15.6. The molecule has 1 unspecified atom stereocenters. The number of halogens is 1. The Labute approximate surface area is 169 Å². The van der Waals surface area contributed by atoms with E-state index in [4.69, 9.17) is 4.99 Å². The Kier molecular flexibility index (Phi) is 8.49. The summed E-state index contributed by atoms with van der Waals surface area (Å²) in [5, 5.41) is 6.86. The number of guanidine groups is 1. The summed E-state index contributed by atoms with van der Waals surface area (Å²) in [6.45, 7) is 9.66. The van der Waals surface area contributed by atoms with Gasteiger partial charge in [0.2, 0.25) is 0 Å². The molecule has 1 saturated carbocycles. The second-order valence-electron chi connectivity index (χ2n) is 7.37. The average Bonchev–Trinajstić information content (AvgIpc) is 3.38. The van der Waals surface area contributed by atoms with Crippen molar-refractivity contribution >= 4 is 29.9 Å². The van der Waals surface area contributed by atoms with Crippen LogP contribution in [0.25, 0.3) is 0 Å². The first-order valence-electron chi connectivity index (χ1n) is 9.58. The third kappa shape index (κ3) is 6.77. The van der Waals surface area contributed by atoms with Crippen molar-refractivity contribution in [1.82, 2.24) is 15.5 Å². The Hall–Kier alpha value is -0.820. The molecule has 2 aliphatic rings. The van der Waals surface area contributed by atoms with Crippen LogP contribution in [0.2, 0.25) is 0 Å². The van der Waals surface area contributed by atoms with Gasteiger partial charge in [0.25, 0.3) is 0 Å². The fourth-order valence-electron chi connectivity index (χ4n) is 3.44. The molecule has 1 aromatic rings. The molecule has 4 nitrogen and oxygen atoms in total. The second kappa shape index (κ2) is 10.4. The molecule has 1 aliphatic carbocycles. The van der Waals surface area contributed by atoms with Crippen molar-refractivity contribution in [2.45, 2.75) is 58.7 Å². The quantitative estimate of drug-likeness (QED) is 0.389. The van der Waals surface area contributed by atoms with Gasteiger partial charge in [-0.2, -0.15) is 0 Å². The number of rotatable bonds is 6. The van der Waals surface area contributed by atoms with Gasteiger partial charge in [-0.25, -0.2) is 4.99 Å². The summed E-state index contributed by atoms with van der Waals surface area (Å²) in [6.07, 6.45) is 5.25. The van der Waals surface area contributed by atoms with Crippen LogP contribution in [0.3, 0.4) is 0 Å². The maximum absolute atomic E-state index is 4.81. The lowest BCUT2D eigenvalue weighted by Crippen LogP contribution is -2.38. The highest BCUT2D eigenvalue weighted by Gasteiger charge is 2.22. The average molecular weight is 456 g/mol. The maximum atomic E-state index is 4.81. The van der Waals surface area contributed by atoms with E-state index < -0.39 is 0 Å². The standard InChI is InChI=1S/C20H32N4.HI/c1-3-21-20(23-19-10-11-19)22-13-17-8-4-5-9-18(17)15-24-12-6-7-16(2)14-24;/h4-5,8-9,16,19H,3,6-7,10-15H2,1-2H3,(H2,21,22,23);1H. The Bertz CT molecular complexity index is 556. The molecule has 1 aromatic carbocycles. The Morgan fingerprint density at radius 3 is 2.64 bits per heavy atom. The van der Waals surface area contributed by atoms with E-state index >= 15 is 0 Å². The molecule has 5 heteroatoms. The number of hydrogen-bond donors (Lipinski definition) is 2. The number of piperidine rings is 1. The van der Waals surface area contributed by atoms with E-state index in [1.54, 1.807) is 0 Å². The van der Waals surface area contributed by atoms with Gasteiger partial charge in [-0.15, -0.1) is 24.0 Å². The first kappa shape index (κ1) is 20.5. The summed E-state index contributed by atoms with van der Waals surface area (Å²) in [4.78, 5) is 7.41. The fraction of sp³-hybridized carbons (Fsp3) is 0.650. The molecule has 1 atom stereocenters. The highest BCUT2D eigenvalue weighted by Crippen LogP contribution is 2.20. The third-order valence-corrected chi connectivity index (χ3v) is 4.92. The Morgan fingerprint density at radius 1 is 1.20 bits per heavy atom. The van der Waals surface area contributed by atoms with Crippen molar-refractivity contribution in [2.75, 3.05) is 19.6 Å². The molecule has 0 spiro atoms. The van der Waals surface area contributed by atoms with Gasteiger partial charge >= 0.3 is 0 Å². The van der Waals surface area contributed by atoms with Gasteiger partial charge in [-0.05, 0) is 56.2 Å². The van der Waals surface area contributed by atoms with Crippen LogP contribution in [-0.4, -0.2) is 36.5 Å². The summed E-state index contributed by atoms with van der Waals surface area (Å²) in [6, 6.07) is 9.42. The SMILES string of the molecule is CCNC(=NCc1ccccc1CN1CCCC(C)C1)NC1CC1.I. The summed E-state index contributed by atoms with van der Waals surface area (Å²) < 4.78 is 0. The van der Waals surface area contributed by atoms with Crippen molar-refractivity contribution < 1.29 is 0 Å². The summed E-state index contributed by atoms with van der Waals surface area (Å²) >= 11 is 0. The molecular formula is C20H33IN4. The van der Waals surface area contributed by atoms with Gasteiger partial charge in [0, 0.05) is 25.7 Å². The highest BCUT2D eigenvalue weighted by atomic mass is 127. The molecule has 0 bridgehead atoms. The molecule has 25 heavy (non-hydrogen) atoms. The Balaban J connectivity index is 0.00000225. The monoisotopic (exact) mass is 456 g/mol. The summed E-state index contributed by atoms with van der Waals surface area (Å²) in [5.74, 6) is 1.79. The molecule has 3 rings (SSSR count). The van der Waals surface area contributed by atoms with Gasteiger partial charge in [0.1, 0.15) is 0 Å². The van der Waals surface area contributed by atoms with Gasteiger partial charge in [0.05, 0.1) is 6.54 Å². The molecule has 1 aliphatic heterocycles. The minimum atomic E-state index is 0. The predicted octanol–water partition coefficient (Wildman–Crippen LogP) is 3.75. The zero-order valence-corrected chi connectivity index (χ0v) is 18.0. The van der Waals surface area contributed by atoms with E-state index in [1.807, 2.05) is 0 Å². The van der Waals surface area contributed by atoms with Crippen LogP contribution in [0.1, 0.15) is 50.7 Å². The smallest absolute Gasteiger partial charge is 0.191 e. The van der Waals surface area contributed by atoms with E-state index in [-0.39, 0.29) is 24.0 Å². The molecule has 0 aromatic heterocycles. The lowest BCUT2D eigenvalue weighted by atomic mass is 9.99. The van der Waals surface area contributed by atoms with Crippen molar-refractivity contribution in [3.63, 3.8) is 0 Å². The van der Waals surface area contributed by atoms with Crippen LogP contribution >= 0.6 is 24.0 Å². The molecule has 140 valence electrons. The van der Waals surface area contributed by atoms with Gasteiger partial charge in [0.15, 0.2) is 5.96 Å². The lowest BCUT2D eigenvalue weighted by Gasteiger charge is -2.31. The van der Waals surface area contributed by atoms with Crippen LogP contribution in [0, 0.1) is 5.92 Å². The lowest BCUT2D eigenvalue weighted by molar-refractivity contribution is 0.176. The largest absolute Gasteiger partial charge is 0.357 e. The van der Waals surface area contributed by atoms with E-state index in [0.717, 1.165) is 31.5 Å². The van der Waals surface area contributed by atoms with Crippen molar-refractivity contribution in [3.05, 3.63) is 35.4 Å². The number of benzene rings is 1. The van der Waals surface area contributed by atoms with Crippen LogP contribution in [0.5, 0.6) is 0 Å². The van der Waals surface area contributed by atoms with Gasteiger partial charge in [-0.3, -0.25) is 4.90 Å². The minimum absolute atomic E-state index is 0. The van der Waals surface area contributed by atoms with E-state index in [9.17, 15) is 0 Å². The highest BCUT2D eigenvalue weighted by molar-refractivity contribution is 14.0. The van der Waals surface area contributed by atoms with Crippen LogP contribution in [0.15, 0.2) is 29.3 Å². The van der Waals surface area contributed by atoms with E-state index in [2.05, 4.69) is 53.6 Å². The first-order valence-corrected chi connectivity index (χ1v) is 9.58. The van der Waals surface area contributed by atoms with Crippen LogP contribution in [-0.2, 0) is 13.1 Å². The number of likely N-dealkylation sites (tertiary alicyclic amines) is 1. The van der Waals surface area contributed by atoms with Crippen LogP contribution < -0.4 is 10.6 Å². The molecule has 1 heterocycles. The van der Waals surface area contributed by atoms with Crippen molar-refractivity contribution in [2.24, 2.45) is 10.9 Å². The van der Waals surface area contributed by atoms with E-state index in [0.29, 0.717) is 6.04 Å². The summed E-state index contributed by atoms with van der Waals surface area (Å²) in [7, 11) is 0. The first-order chi connectivity index (χ1) is 11.7. The van der Waals surface area contributed by atoms with E-state index in [1.165, 1.54) is 49.9 Å². The van der Waals surface area contributed by atoms with Crippen LogP contribution in [0.4, 0.5) is 0 Å². The Morgan fingerprint density at radius 2 is 1.96 bits per heavy atom. The second-order valence-corrected chi connectivity index (χ2v) is 7.37. The number of hydrogen-bond acceptors (Lipinski definition) is 2. The minimum Gasteiger partial charge on any atom is -0.357 e. The molecule has 1 saturated heterocycles. The summed E-state index contributed by atoms with van der Waals surface area (Å²) in [5.41, 5.74) is 2.78. The number of aliphatic imine (C=N–C) groups is 1. The zero-order chi connectivity index (χ0) is 16.8.